The standard InChI is InChI=1S/C37H55NO13/c1-19(2)7-9-21-14-24(35(46)47-18-23-11-13-38-12-5-6-25(23)38)15-22(10-8-20(3)4)33(21)50-37-32(45)30(43)34(27(17-40)49-37)51-36-31(44)29(42)28(41)26(16-39)48-36/h7-8,14-15,23,25-32,34,36-37,39-45H,5-6,9-13,16-18H2,1-4H3/t23-,25?,26-,27-,28-,29+,30-,31-,32-,34-,36+,37-/m1/s1. The van der Waals surface area contributed by atoms with Crippen LogP contribution in [0.25, 0.3) is 0 Å². The van der Waals surface area contributed by atoms with Crippen LogP contribution in [-0.2, 0) is 31.8 Å². The number of carbonyl (C=O) groups is 1. The number of nitrogens with zero attached hydrogens (tertiary/aromatic N) is 1. The first-order valence-electron chi connectivity index (χ1n) is 17.9. The van der Waals surface area contributed by atoms with Crippen molar-refractivity contribution >= 4 is 5.97 Å². The molecule has 4 fully saturated rings. The summed E-state index contributed by atoms with van der Waals surface area (Å²) in [6.07, 6.45) is -7.85. The van der Waals surface area contributed by atoms with Crippen molar-refractivity contribution in [1.82, 2.24) is 4.90 Å². The lowest BCUT2D eigenvalue weighted by molar-refractivity contribution is -0.352. The first kappa shape index (κ1) is 39.7. The molecule has 4 aliphatic rings. The fraction of sp³-hybridized carbons (Fsp3) is 0.703. The van der Waals surface area contributed by atoms with Gasteiger partial charge in [0.15, 0.2) is 6.29 Å². The number of aliphatic hydroxyl groups is 7. The number of allylic oxidation sites excluding steroid dienone is 4. The Kier molecular flexibility index (Phi) is 13.7. The predicted molar refractivity (Wildman–Crippen MR) is 183 cm³/mol. The zero-order chi connectivity index (χ0) is 37.0. The molecule has 0 aromatic heterocycles. The largest absolute Gasteiger partial charge is 0.462 e. The van der Waals surface area contributed by atoms with Crippen molar-refractivity contribution < 1.29 is 64.2 Å². The molecule has 0 amide bonds. The Bertz CT molecular complexity index is 1350. The van der Waals surface area contributed by atoms with Gasteiger partial charge in [0.2, 0.25) is 6.29 Å². The molecule has 4 heterocycles. The van der Waals surface area contributed by atoms with Gasteiger partial charge in [0.1, 0.15) is 54.6 Å². The van der Waals surface area contributed by atoms with Crippen LogP contribution in [-0.4, -0.2) is 147 Å². The van der Waals surface area contributed by atoms with Crippen LogP contribution in [0.2, 0.25) is 0 Å². The third-order valence-electron chi connectivity index (χ3n) is 10.3. The summed E-state index contributed by atoms with van der Waals surface area (Å²) >= 11 is 0. The smallest absolute Gasteiger partial charge is 0.338 e. The molecule has 1 aromatic rings. The van der Waals surface area contributed by atoms with E-state index in [-0.39, 0.29) is 0 Å². The molecule has 12 atom stereocenters. The molecule has 51 heavy (non-hydrogen) atoms. The lowest BCUT2D eigenvalue weighted by atomic mass is 9.96. The lowest BCUT2D eigenvalue weighted by Gasteiger charge is -2.46. The maximum Gasteiger partial charge on any atom is 0.338 e. The summed E-state index contributed by atoms with van der Waals surface area (Å²) in [5, 5.41) is 73.1. The van der Waals surface area contributed by atoms with Crippen LogP contribution in [0.5, 0.6) is 5.75 Å². The topological polar surface area (TPSA) is 208 Å². The summed E-state index contributed by atoms with van der Waals surface area (Å²) in [5.41, 5.74) is 3.66. The molecule has 14 heteroatoms. The molecule has 286 valence electrons. The normalized spacial score (nSPS) is 35.3. The van der Waals surface area contributed by atoms with Gasteiger partial charge in [-0.2, -0.15) is 0 Å². The monoisotopic (exact) mass is 721 g/mol. The van der Waals surface area contributed by atoms with Crippen molar-refractivity contribution in [1.29, 1.82) is 0 Å². The number of hydrogen-bond acceptors (Lipinski definition) is 14. The average molecular weight is 722 g/mol. The van der Waals surface area contributed by atoms with Crippen LogP contribution in [0, 0.1) is 5.92 Å². The summed E-state index contributed by atoms with van der Waals surface area (Å²) < 4.78 is 29.3. The van der Waals surface area contributed by atoms with E-state index in [1.807, 2.05) is 39.8 Å². The van der Waals surface area contributed by atoms with Crippen LogP contribution in [0.4, 0.5) is 0 Å². The summed E-state index contributed by atoms with van der Waals surface area (Å²) in [4.78, 5) is 16.0. The highest BCUT2D eigenvalue weighted by molar-refractivity contribution is 5.90. The van der Waals surface area contributed by atoms with E-state index in [9.17, 15) is 40.5 Å². The van der Waals surface area contributed by atoms with E-state index in [0.29, 0.717) is 53.8 Å². The molecule has 14 nitrogen and oxygen atoms in total. The number of aliphatic hydroxyl groups excluding tert-OH is 7. The minimum atomic E-state index is -1.78. The molecule has 4 saturated heterocycles. The molecular weight excluding hydrogens is 666 g/mol. The second kappa shape index (κ2) is 17.6. The van der Waals surface area contributed by atoms with Gasteiger partial charge >= 0.3 is 5.97 Å². The van der Waals surface area contributed by atoms with Crippen molar-refractivity contribution in [2.75, 3.05) is 32.9 Å². The van der Waals surface area contributed by atoms with Gasteiger partial charge < -0.3 is 59.4 Å². The van der Waals surface area contributed by atoms with Crippen molar-refractivity contribution in [3.63, 3.8) is 0 Å². The first-order valence-corrected chi connectivity index (χ1v) is 17.9. The van der Waals surface area contributed by atoms with Gasteiger partial charge in [0.05, 0.1) is 25.4 Å². The number of fused-ring (bicyclic) bond motifs is 1. The summed E-state index contributed by atoms with van der Waals surface area (Å²) in [6, 6.07) is 3.87. The molecular formula is C37H55NO13. The van der Waals surface area contributed by atoms with E-state index < -0.39 is 80.6 Å². The second-order valence-corrected chi connectivity index (χ2v) is 14.6. The van der Waals surface area contributed by atoms with Crippen molar-refractivity contribution in [2.45, 2.75) is 127 Å². The third kappa shape index (κ3) is 9.19. The van der Waals surface area contributed by atoms with E-state index >= 15 is 0 Å². The number of esters is 1. The van der Waals surface area contributed by atoms with Crippen LogP contribution < -0.4 is 4.74 Å². The predicted octanol–water partition coefficient (Wildman–Crippen LogP) is 0.348. The molecule has 7 N–H and O–H groups in total. The van der Waals surface area contributed by atoms with Gasteiger partial charge in [-0.1, -0.05) is 23.3 Å². The summed E-state index contributed by atoms with van der Waals surface area (Å²) in [7, 11) is 0. The van der Waals surface area contributed by atoms with Gasteiger partial charge in [0.25, 0.3) is 0 Å². The van der Waals surface area contributed by atoms with E-state index in [2.05, 4.69) is 4.90 Å². The van der Waals surface area contributed by atoms with Crippen LogP contribution in [0.15, 0.2) is 35.4 Å². The highest BCUT2D eigenvalue weighted by Gasteiger charge is 2.51. The highest BCUT2D eigenvalue weighted by Crippen LogP contribution is 2.36. The molecule has 5 rings (SSSR count). The molecule has 1 aromatic carbocycles. The van der Waals surface area contributed by atoms with Crippen molar-refractivity contribution in [3.05, 3.63) is 52.1 Å². The lowest BCUT2D eigenvalue weighted by Crippen LogP contribution is -2.65. The maximum atomic E-state index is 13.5. The third-order valence-corrected chi connectivity index (χ3v) is 10.3. The Morgan fingerprint density at radius 2 is 1.41 bits per heavy atom. The zero-order valence-corrected chi connectivity index (χ0v) is 29.8. The minimum absolute atomic E-state index is 0.304. The van der Waals surface area contributed by atoms with Gasteiger partial charge in [-0.15, -0.1) is 0 Å². The fourth-order valence-corrected chi connectivity index (χ4v) is 7.37. The molecule has 0 spiro atoms. The Morgan fingerprint density at radius 1 is 0.804 bits per heavy atom. The molecule has 0 radical (unpaired) electrons. The molecule has 0 saturated carbocycles. The molecule has 0 bridgehead atoms. The Balaban J connectivity index is 1.39. The molecule has 1 unspecified atom stereocenters. The number of hydrogen-bond donors (Lipinski definition) is 7. The Hall–Kier alpha value is -2.47. The van der Waals surface area contributed by atoms with E-state index in [0.717, 1.165) is 37.1 Å². The van der Waals surface area contributed by atoms with Gasteiger partial charge in [-0.3, -0.25) is 4.90 Å². The Morgan fingerprint density at radius 3 is 2.02 bits per heavy atom. The van der Waals surface area contributed by atoms with Gasteiger partial charge in [-0.05, 0) is 96.1 Å². The molecule has 4 aliphatic heterocycles. The van der Waals surface area contributed by atoms with Gasteiger partial charge in [-0.25, -0.2) is 4.79 Å². The van der Waals surface area contributed by atoms with Gasteiger partial charge in [0, 0.05) is 12.0 Å². The van der Waals surface area contributed by atoms with Crippen molar-refractivity contribution in [2.24, 2.45) is 5.92 Å². The quantitative estimate of drug-likeness (QED) is 0.108. The second-order valence-electron chi connectivity index (χ2n) is 14.6. The van der Waals surface area contributed by atoms with E-state index in [1.54, 1.807) is 12.1 Å². The number of rotatable bonds is 13. The van der Waals surface area contributed by atoms with E-state index in [4.69, 9.17) is 23.7 Å². The van der Waals surface area contributed by atoms with Crippen LogP contribution in [0.1, 0.15) is 68.4 Å². The summed E-state index contributed by atoms with van der Waals surface area (Å²) in [5.74, 6) is 0.201. The first-order chi connectivity index (χ1) is 24.3. The van der Waals surface area contributed by atoms with Crippen LogP contribution in [0.3, 0.4) is 0 Å². The zero-order valence-electron chi connectivity index (χ0n) is 29.8. The average Bonchev–Trinajstić information content (AvgIpc) is 3.73. The fourth-order valence-electron chi connectivity index (χ4n) is 7.37. The maximum absolute atomic E-state index is 13.5. The SMILES string of the molecule is CC(C)=CCc1cc(C(=O)OC[C@H]2CCN3CCCC23)cc(CC=C(C)C)c1O[C@H]1O[C@H](CO)[C@@H](O[C@@H]2O[C@H](CO)[C@@H](O)[C@H](O)[C@H]2O)[C@H](O)[C@H]1O. The number of ether oxygens (including phenoxy) is 5. The Labute approximate surface area is 298 Å². The minimum Gasteiger partial charge on any atom is -0.462 e. The van der Waals surface area contributed by atoms with Crippen molar-refractivity contribution in [3.8, 4) is 5.75 Å². The highest BCUT2D eigenvalue weighted by atomic mass is 16.7. The van der Waals surface area contributed by atoms with E-state index in [1.165, 1.54) is 6.42 Å². The number of benzene rings is 1. The molecule has 0 aliphatic carbocycles. The van der Waals surface area contributed by atoms with Crippen LogP contribution >= 0.6 is 0 Å². The summed E-state index contributed by atoms with van der Waals surface area (Å²) in [6.45, 7) is 8.86. The number of carbonyl (C=O) groups excluding carboxylic acids is 1.